The Labute approximate surface area is 134 Å². The second-order valence-corrected chi connectivity index (χ2v) is 5.62. The second-order valence-electron chi connectivity index (χ2n) is 4.72. The summed E-state index contributed by atoms with van der Waals surface area (Å²) >= 11 is 1.38. The van der Waals surface area contributed by atoms with E-state index in [1.165, 1.54) is 11.3 Å². The van der Waals surface area contributed by atoms with Gasteiger partial charge < -0.3 is 9.47 Å². The van der Waals surface area contributed by atoms with Gasteiger partial charge in [-0.3, -0.25) is 10.1 Å². The van der Waals surface area contributed by atoms with E-state index in [1.807, 2.05) is 44.4 Å². The fraction of sp³-hybridized carbons (Fsp3) is 0.375. The van der Waals surface area contributed by atoms with Crippen molar-refractivity contribution in [3.05, 3.63) is 35.3 Å². The van der Waals surface area contributed by atoms with Gasteiger partial charge in [-0.15, -0.1) is 11.3 Å². The molecule has 1 aromatic carbocycles. The average Bonchev–Trinajstić information content (AvgIpc) is 2.99. The van der Waals surface area contributed by atoms with Crippen LogP contribution in [0.25, 0.3) is 0 Å². The molecule has 2 rings (SSSR count). The van der Waals surface area contributed by atoms with Gasteiger partial charge in [0.1, 0.15) is 0 Å². The number of hydrogen-bond acceptors (Lipinski definition) is 5. The quantitative estimate of drug-likeness (QED) is 0.846. The van der Waals surface area contributed by atoms with Crippen molar-refractivity contribution >= 4 is 22.4 Å². The summed E-state index contributed by atoms with van der Waals surface area (Å²) in [5.74, 6) is 1.03. The highest BCUT2D eigenvalue weighted by Crippen LogP contribution is 2.29. The number of ether oxygens (including phenoxy) is 2. The van der Waals surface area contributed by atoms with Crippen LogP contribution < -0.4 is 14.8 Å². The Hall–Kier alpha value is -2.08. The number of hydrogen-bond donors (Lipinski definition) is 1. The van der Waals surface area contributed by atoms with Gasteiger partial charge in [-0.1, -0.05) is 13.0 Å². The maximum Gasteiger partial charge on any atom is 0.267 e. The molecule has 118 valence electrons. The molecule has 1 amide bonds. The van der Waals surface area contributed by atoms with Crippen LogP contribution in [-0.2, 0) is 4.79 Å². The molecule has 2 aromatic rings. The lowest BCUT2D eigenvalue weighted by Gasteiger charge is -2.19. The number of rotatable bonds is 7. The van der Waals surface area contributed by atoms with Gasteiger partial charge in [-0.2, -0.15) is 0 Å². The first-order valence-electron chi connectivity index (χ1n) is 7.24. The topological polar surface area (TPSA) is 60.5 Å². The summed E-state index contributed by atoms with van der Waals surface area (Å²) < 4.78 is 11.4. The van der Waals surface area contributed by atoms with Crippen molar-refractivity contribution in [3.63, 3.8) is 0 Å². The van der Waals surface area contributed by atoms with Crippen molar-refractivity contribution in [2.75, 3.05) is 11.9 Å². The zero-order chi connectivity index (χ0) is 15.9. The van der Waals surface area contributed by atoms with Crippen molar-refractivity contribution in [1.82, 2.24) is 4.98 Å². The molecule has 0 saturated heterocycles. The van der Waals surface area contributed by atoms with E-state index in [0.717, 1.165) is 5.56 Å². The van der Waals surface area contributed by atoms with Gasteiger partial charge in [-0.25, -0.2) is 4.98 Å². The monoisotopic (exact) mass is 320 g/mol. The number of nitrogens with zero attached hydrogens (tertiary/aromatic N) is 1. The molecule has 1 heterocycles. The fourth-order valence-electron chi connectivity index (χ4n) is 1.93. The molecule has 0 spiro atoms. The SMILES string of the molecule is CCOc1cc(C)ccc1O[C@H](CC)C(=O)Nc1nccs1. The maximum atomic E-state index is 12.3. The molecule has 0 radical (unpaired) electrons. The molecule has 6 heteroatoms. The number of amides is 1. The number of carbonyl (C=O) groups excluding carboxylic acids is 1. The third-order valence-electron chi connectivity index (χ3n) is 2.99. The predicted molar refractivity (Wildman–Crippen MR) is 87.8 cm³/mol. The van der Waals surface area contributed by atoms with Crippen LogP contribution in [0.4, 0.5) is 5.13 Å². The van der Waals surface area contributed by atoms with Crippen molar-refractivity contribution in [1.29, 1.82) is 0 Å². The van der Waals surface area contributed by atoms with Crippen molar-refractivity contribution in [2.24, 2.45) is 0 Å². The molecular weight excluding hydrogens is 300 g/mol. The van der Waals surface area contributed by atoms with Gasteiger partial charge in [0.15, 0.2) is 22.7 Å². The molecular formula is C16H20N2O3S. The van der Waals surface area contributed by atoms with E-state index in [-0.39, 0.29) is 5.91 Å². The summed E-state index contributed by atoms with van der Waals surface area (Å²) in [6.07, 6.45) is 1.61. The van der Waals surface area contributed by atoms with E-state index in [0.29, 0.717) is 29.7 Å². The number of anilines is 1. The minimum Gasteiger partial charge on any atom is -0.490 e. The van der Waals surface area contributed by atoms with E-state index < -0.39 is 6.10 Å². The Balaban J connectivity index is 2.10. The van der Waals surface area contributed by atoms with E-state index in [4.69, 9.17) is 9.47 Å². The van der Waals surface area contributed by atoms with Crippen LogP contribution >= 0.6 is 11.3 Å². The first kappa shape index (κ1) is 16.3. The highest BCUT2D eigenvalue weighted by atomic mass is 32.1. The Kier molecular flexibility index (Phi) is 5.77. The van der Waals surface area contributed by atoms with Crippen LogP contribution in [-0.4, -0.2) is 23.6 Å². The second kappa shape index (κ2) is 7.79. The van der Waals surface area contributed by atoms with Crippen molar-refractivity contribution in [2.45, 2.75) is 33.3 Å². The van der Waals surface area contributed by atoms with Crippen LogP contribution in [0.3, 0.4) is 0 Å². The Morgan fingerprint density at radius 1 is 1.36 bits per heavy atom. The molecule has 1 aromatic heterocycles. The van der Waals surface area contributed by atoms with E-state index in [1.54, 1.807) is 6.20 Å². The molecule has 0 unspecified atom stereocenters. The summed E-state index contributed by atoms with van der Waals surface area (Å²) in [6.45, 7) is 6.35. The molecule has 22 heavy (non-hydrogen) atoms. The lowest BCUT2D eigenvalue weighted by Crippen LogP contribution is -2.32. The Bertz CT molecular complexity index is 614. The summed E-state index contributed by atoms with van der Waals surface area (Å²) in [7, 11) is 0. The maximum absolute atomic E-state index is 12.3. The summed E-state index contributed by atoms with van der Waals surface area (Å²) in [5.41, 5.74) is 1.08. The highest BCUT2D eigenvalue weighted by molar-refractivity contribution is 7.13. The summed E-state index contributed by atoms with van der Waals surface area (Å²) in [5, 5.41) is 5.14. The minimum absolute atomic E-state index is 0.208. The average molecular weight is 320 g/mol. The molecule has 1 N–H and O–H groups in total. The normalized spacial score (nSPS) is 11.8. The molecule has 1 atom stereocenters. The Morgan fingerprint density at radius 2 is 2.18 bits per heavy atom. The van der Waals surface area contributed by atoms with Gasteiger partial charge in [0.2, 0.25) is 0 Å². The Morgan fingerprint density at radius 3 is 2.82 bits per heavy atom. The van der Waals surface area contributed by atoms with E-state index in [9.17, 15) is 4.79 Å². The van der Waals surface area contributed by atoms with Crippen LogP contribution in [0.5, 0.6) is 11.5 Å². The van der Waals surface area contributed by atoms with Gasteiger partial charge >= 0.3 is 0 Å². The number of carbonyl (C=O) groups is 1. The largest absolute Gasteiger partial charge is 0.490 e. The standard InChI is InChI=1S/C16H20N2O3S/c1-4-12(15(19)18-16-17-8-9-22-16)21-13-7-6-11(3)10-14(13)20-5-2/h6-10,12H,4-5H2,1-3H3,(H,17,18,19)/t12-/m1/s1. The van der Waals surface area contributed by atoms with E-state index in [2.05, 4.69) is 10.3 Å². The lowest BCUT2D eigenvalue weighted by atomic mass is 10.2. The summed E-state index contributed by atoms with van der Waals surface area (Å²) in [4.78, 5) is 16.3. The van der Waals surface area contributed by atoms with Crippen LogP contribution in [0.1, 0.15) is 25.8 Å². The molecule has 0 aliphatic heterocycles. The zero-order valence-electron chi connectivity index (χ0n) is 13.0. The van der Waals surface area contributed by atoms with Gasteiger partial charge in [-0.05, 0) is 38.0 Å². The third kappa shape index (κ3) is 4.21. The molecule has 0 fully saturated rings. The third-order valence-corrected chi connectivity index (χ3v) is 3.68. The molecule has 0 bridgehead atoms. The van der Waals surface area contributed by atoms with Crippen molar-refractivity contribution in [3.8, 4) is 11.5 Å². The summed E-state index contributed by atoms with van der Waals surface area (Å²) in [6, 6.07) is 5.67. The van der Waals surface area contributed by atoms with E-state index >= 15 is 0 Å². The minimum atomic E-state index is -0.592. The predicted octanol–water partition coefficient (Wildman–Crippen LogP) is 3.65. The molecule has 0 aliphatic rings. The first-order chi connectivity index (χ1) is 10.6. The molecule has 5 nitrogen and oxygen atoms in total. The number of benzene rings is 1. The van der Waals surface area contributed by atoms with Crippen molar-refractivity contribution < 1.29 is 14.3 Å². The highest BCUT2D eigenvalue weighted by Gasteiger charge is 2.21. The number of aromatic nitrogens is 1. The van der Waals surface area contributed by atoms with Gasteiger partial charge in [0.05, 0.1) is 6.61 Å². The van der Waals surface area contributed by atoms with Crippen LogP contribution in [0.2, 0.25) is 0 Å². The van der Waals surface area contributed by atoms with Gasteiger partial charge in [0.25, 0.3) is 5.91 Å². The van der Waals surface area contributed by atoms with Crippen LogP contribution in [0, 0.1) is 6.92 Å². The first-order valence-corrected chi connectivity index (χ1v) is 8.12. The van der Waals surface area contributed by atoms with Crippen LogP contribution in [0.15, 0.2) is 29.8 Å². The number of aryl methyl sites for hydroxylation is 1. The smallest absolute Gasteiger partial charge is 0.267 e. The molecule has 0 aliphatic carbocycles. The number of thiazole rings is 1. The zero-order valence-corrected chi connectivity index (χ0v) is 13.8. The number of nitrogens with one attached hydrogen (secondary N) is 1. The van der Waals surface area contributed by atoms with Gasteiger partial charge in [0, 0.05) is 11.6 Å². The lowest BCUT2D eigenvalue weighted by molar-refractivity contribution is -0.122. The molecule has 0 saturated carbocycles. The fourth-order valence-corrected chi connectivity index (χ4v) is 2.46.